The fraction of sp³-hybridized carbons (Fsp3) is 0.0667. The summed E-state index contributed by atoms with van der Waals surface area (Å²) in [6, 6.07) is 11.7. The van der Waals surface area contributed by atoms with Gasteiger partial charge in [-0.25, -0.2) is 4.98 Å². The lowest BCUT2D eigenvalue weighted by molar-refractivity contribution is 1.07. The van der Waals surface area contributed by atoms with Gasteiger partial charge in [-0.15, -0.1) is 11.3 Å². The minimum Gasteiger partial charge on any atom is -0.326 e. The van der Waals surface area contributed by atoms with Gasteiger partial charge in [0.15, 0.2) is 0 Å². The second-order valence-electron chi connectivity index (χ2n) is 4.28. The molecule has 0 aliphatic carbocycles. The van der Waals surface area contributed by atoms with Crippen LogP contribution in [-0.4, -0.2) is 9.97 Å². The Kier molecular flexibility index (Phi) is 3.78. The summed E-state index contributed by atoms with van der Waals surface area (Å²) in [6.07, 6.45) is 1.72. The first kappa shape index (κ1) is 13.2. The van der Waals surface area contributed by atoms with Crippen LogP contribution in [0.5, 0.6) is 0 Å². The number of nitrogens with zero attached hydrogens (tertiary/aromatic N) is 2. The highest BCUT2D eigenvalue weighted by Crippen LogP contribution is 2.31. The van der Waals surface area contributed by atoms with E-state index in [0.29, 0.717) is 11.6 Å². The van der Waals surface area contributed by atoms with Gasteiger partial charge in [-0.2, -0.15) is 0 Å². The van der Waals surface area contributed by atoms with Crippen molar-refractivity contribution in [1.82, 2.24) is 9.97 Å². The molecule has 1 aromatic carbocycles. The minimum atomic E-state index is 0.525. The molecule has 0 saturated carbocycles. The summed E-state index contributed by atoms with van der Waals surface area (Å²) < 4.78 is 0. The average molecular weight is 302 g/mol. The van der Waals surface area contributed by atoms with Crippen LogP contribution in [0.4, 0.5) is 0 Å². The fourth-order valence-corrected chi connectivity index (χ4v) is 3.02. The van der Waals surface area contributed by atoms with E-state index in [4.69, 9.17) is 17.3 Å². The van der Waals surface area contributed by atoms with Gasteiger partial charge in [0, 0.05) is 23.7 Å². The van der Waals surface area contributed by atoms with Gasteiger partial charge in [0.25, 0.3) is 0 Å². The fourth-order valence-electron chi connectivity index (χ4n) is 1.92. The van der Waals surface area contributed by atoms with E-state index in [1.807, 2.05) is 35.7 Å². The van der Waals surface area contributed by atoms with Crippen LogP contribution in [0.25, 0.3) is 22.0 Å². The Morgan fingerprint density at radius 2 is 2.10 bits per heavy atom. The molecule has 0 unspecified atom stereocenters. The molecule has 0 fully saturated rings. The third kappa shape index (κ3) is 2.58. The minimum absolute atomic E-state index is 0.525. The molecule has 0 radical (unpaired) electrons. The van der Waals surface area contributed by atoms with E-state index in [2.05, 4.69) is 16.0 Å². The van der Waals surface area contributed by atoms with E-state index in [-0.39, 0.29) is 0 Å². The zero-order chi connectivity index (χ0) is 13.9. The number of hydrogen-bond donors (Lipinski definition) is 1. The van der Waals surface area contributed by atoms with Gasteiger partial charge in [-0.3, -0.25) is 4.98 Å². The van der Waals surface area contributed by atoms with Gasteiger partial charge in [0.05, 0.1) is 10.7 Å². The van der Waals surface area contributed by atoms with Crippen molar-refractivity contribution >= 4 is 22.9 Å². The first-order valence-electron chi connectivity index (χ1n) is 6.14. The Morgan fingerprint density at radius 3 is 2.90 bits per heavy atom. The summed E-state index contributed by atoms with van der Waals surface area (Å²) in [6.45, 7) is 0.525. The molecule has 100 valence electrons. The van der Waals surface area contributed by atoms with Crippen molar-refractivity contribution < 1.29 is 0 Å². The molecular weight excluding hydrogens is 290 g/mol. The van der Waals surface area contributed by atoms with E-state index in [1.54, 1.807) is 6.20 Å². The predicted molar refractivity (Wildman–Crippen MR) is 83.7 cm³/mol. The molecule has 0 amide bonds. The summed E-state index contributed by atoms with van der Waals surface area (Å²) in [5.74, 6) is 0. The normalized spacial score (nSPS) is 10.7. The number of thiazole rings is 1. The predicted octanol–water partition coefficient (Wildman–Crippen LogP) is 3.98. The van der Waals surface area contributed by atoms with Gasteiger partial charge in [-0.05, 0) is 23.8 Å². The number of hydrogen-bond acceptors (Lipinski definition) is 4. The zero-order valence-corrected chi connectivity index (χ0v) is 12.2. The Morgan fingerprint density at radius 1 is 1.20 bits per heavy atom. The number of aromatic nitrogens is 2. The van der Waals surface area contributed by atoms with E-state index < -0.39 is 0 Å². The maximum Gasteiger partial charge on any atom is 0.144 e. The first-order valence-corrected chi connectivity index (χ1v) is 7.39. The summed E-state index contributed by atoms with van der Waals surface area (Å²) in [4.78, 5) is 8.90. The summed E-state index contributed by atoms with van der Waals surface area (Å²) >= 11 is 7.69. The van der Waals surface area contributed by atoms with Crippen LogP contribution in [0, 0.1) is 0 Å². The van der Waals surface area contributed by atoms with Gasteiger partial charge in [0.1, 0.15) is 10.7 Å². The van der Waals surface area contributed by atoms with E-state index in [0.717, 1.165) is 27.5 Å². The number of halogens is 1. The Hall–Kier alpha value is -1.75. The Balaban J connectivity index is 2.00. The molecule has 0 saturated heterocycles. The molecule has 3 nitrogen and oxygen atoms in total. The van der Waals surface area contributed by atoms with Crippen LogP contribution < -0.4 is 5.73 Å². The Bertz CT molecular complexity index is 739. The molecule has 2 N–H and O–H groups in total. The molecule has 0 spiro atoms. The molecule has 0 aliphatic heterocycles. The highest BCUT2D eigenvalue weighted by atomic mass is 35.5. The molecule has 20 heavy (non-hydrogen) atoms. The molecule has 0 atom stereocenters. The molecule has 3 rings (SSSR count). The van der Waals surface area contributed by atoms with Crippen molar-refractivity contribution in [3.8, 4) is 22.0 Å². The van der Waals surface area contributed by atoms with Crippen molar-refractivity contribution in [2.45, 2.75) is 6.54 Å². The number of benzene rings is 1. The standard InChI is InChI=1S/C15H12ClN3S/c16-12-5-2-6-18-14(12)15-19-13(9-20-15)11-4-1-3-10(7-11)8-17/h1-7,9H,8,17H2. The number of nitrogens with two attached hydrogens (primary N) is 1. The highest BCUT2D eigenvalue weighted by Gasteiger charge is 2.10. The molecular formula is C15H12ClN3S. The lowest BCUT2D eigenvalue weighted by Gasteiger charge is -2.00. The lowest BCUT2D eigenvalue weighted by Crippen LogP contribution is -1.95. The first-order chi connectivity index (χ1) is 9.78. The van der Waals surface area contributed by atoms with E-state index in [1.165, 1.54) is 11.3 Å². The highest BCUT2D eigenvalue weighted by molar-refractivity contribution is 7.13. The van der Waals surface area contributed by atoms with Crippen molar-refractivity contribution in [3.63, 3.8) is 0 Å². The summed E-state index contributed by atoms with van der Waals surface area (Å²) in [5, 5.41) is 3.45. The third-order valence-corrected chi connectivity index (χ3v) is 4.08. The smallest absolute Gasteiger partial charge is 0.144 e. The maximum atomic E-state index is 6.15. The molecule has 3 aromatic rings. The van der Waals surface area contributed by atoms with Crippen LogP contribution >= 0.6 is 22.9 Å². The van der Waals surface area contributed by atoms with Crippen molar-refractivity contribution in [2.75, 3.05) is 0 Å². The van der Waals surface area contributed by atoms with Crippen LogP contribution in [0.2, 0.25) is 5.02 Å². The Labute approximate surface area is 126 Å². The van der Waals surface area contributed by atoms with Crippen LogP contribution in [0.3, 0.4) is 0 Å². The van der Waals surface area contributed by atoms with E-state index in [9.17, 15) is 0 Å². The summed E-state index contributed by atoms with van der Waals surface area (Å²) in [5.41, 5.74) is 9.46. The number of rotatable bonds is 3. The van der Waals surface area contributed by atoms with Gasteiger partial charge in [0.2, 0.25) is 0 Å². The van der Waals surface area contributed by atoms with Crippen LogP contribution in [-0.2, 0) is 6.54 Å². The van der Waals surface area contributed by atoms with Crippen molar-refractivity contribution in [3.05, 3.63) is 58.6 Å². The van der Waals surface area contributed by atoms with E-state index >= 15 is 0 Å². The van der Waals surface area contributed by atoms with Gasteiger partial charge >= 0.3 is 0 Å². The van der Waals surface area contributed by atoms with Crippen LogP contribution in [0.1, 0.15) is 5.56 Å². The lowest BCUT2D eigenvalue weighted by atomic mass is 10.1. The van der Waals surface area contributed by atoms with Gasteiger partial charge < -0.3 is 5.73 Å². The monoisotopic (exact) mass is 301 g/mol. The van der Waals surface area contributed by atoms with Crippen molar-refractivity contribution in [2.24, 2.45) is 5.73 Å². The quantitative estimate of drug-likeness (QED) is 0.796. The van der Waals surface area contributed by atoms with Crippen LogP contribution in [0.15, 0.2) is 48.0 Å². The van der Waals surface area contributed by atoms with Gasteiger partial charge in [-0.1, -0.05) is 29.8 Å². The second-order valence-corrected chi connectivity index (χ2v) is 5.54. The molecule has 0 aliphatic rings. The molecule has 0 bridgehead atoms. The molecule has 5 heteroatoms. The maximum absolute atomic E-state index is 6.15. The molecule has 2 aromatic heterocycles. The second kappa shape index (κ2) is 5.71. The topological polar surface area (TPSA) is 51.8 Å². The average Bonchev–Trinajstić information content (AvgIpc) is 2.97. The zero-order valence-electron chi connectivity index (χ0n) is 10.6. The summed E-state index contributed by atoms with van der Waals surface area (Å²) in [7, 11) is 0. The SMILES string of the molecule is NCc1cccc(-c2csc(-c3ncccc3Cl)n2)c1. The number of pyridine rings is 1. The molecule has 2 heterocycles. The van der Waals surface area contributed by atoms with Crippen molar-refractivity contribution in [1.29, 1.82) is 0 Å². The largest absolute Gasteiger partial charge is 0.326 e. The third-order valence-electron chi connectivity index (χ3n) is 2.92.